The summed E-state index contributed by atoms with van der Waals surface area (Å²) >= 11 is 0. The summed E-state index contributed by atoms with van der Waals surface area (Å²) in [5.74, 6) is 0. The standard InChI is InChI=1S/C17H35N3/c1-3-17-15-19(2)12-8-14-20(17)13-7-5-4-6-11-18-16-9-10-16/h16-18H,3-15H2,1-2H3. The number of unbranched alkanes of at least 4 members (excludes halogenated alkanes) is 3. The SMILES string of the molecule is CCC1CN(C)CCCN1CCCCCCNC1CC1. The Morgan fingerprint density at radius 1 is 1.05 bits per heavy atom. The van der Waals surface area contributed by atoms with Gasteiger partial charge in [-0.1, -0.05) is 19.8 Å². The van der Waals surface area contributed by atoms with Crippen molar-refractivity contribution in [2.24, 2.45) is 0 Å². The molecule has 0 aromatic carbocycles. The Balaban J connectivity index is 1.52. The zero-order chi connectivity index (χ0) is 14.2. The second-order valence-electron chi connectivity index (χ2n) is 6.86. The minimum absolute atomic E-state index is 0.791. The van der Waals surface area contributed by atoms with Crippen LogP contribution in [0.2, 0.25) is 0 Å². The lowest BCUT2D eigenvalue weighted by atomic mass is 10.1. The van der Waals surface area contributed by atoms with Crippen LogP contribution in [0.5, 0.6) is 0 Å². The first-order chi connectivity index (χ1) is 9.79. The maximum absolute atomic E-state index is 3.61. The highest BCUT2D eigenvalue weighted by Crippen LogP contribution is 2.18. The Morgan fingerprint density at radius 2 is 1.85 bits per heavy atom. The summed E-state index contributed by atoms with van der Waals surface area (Å²) in [6.07, 6.45) is 11.1. The van der Waals surface area contributed by atoms with Gasteiger partial charge in [0.15, 0.2) is 0 Å². The molecule has 0 aromatic heterocycles. The van der Waals surface area contributed by atoms with Crippen molar-refractivity contribution in [1.29, 1.82) is 0 Å². The van der Waals surface area contributed by atoms with Crippen molar-refractivity contribution in [2.45, 2.75) is 70.4 Å². The minimum atomic E-state index is 0.791. The van der Waals surface area contributed by atoms with Crippen LogP contribution in [-0.2, 0) is 0 Å². The van der Waals surface area contributed by atoms with Crippen LogP contribution in [0.25, 0.3) is 0 Å². The third kappa shape index (κ3) is 6.11. The van der Waals surface area contributed by atoms with Crippen molar-refractivity contribution >= 4 is 0 Å². The summed E-state index contributed by atoms with van der Waals surface area (Å²) in [7, 11) is 2.28. The van der Waals surface area contributed by atoms with Crippen LogP contribution in [0, 0.1) is 0 Å². The van der Waals surface area contributed by atoms with E-state index in [1.807, 2.05) is 0 Å². The van der Waals surface area contributed by atoms with Crippen molar-refractivity contribution in [2.75, 3.05) is 39.8 Å². The van der Waals surface area contributed by atoms with Gasteiger partial charge in [-0.05, 0) is 71.8 Å². The molecule has 3 nitrogen and oxygen atoms in total. The fourth-order valence-corrected chi connectivity index (χ4v) is 3.36. The van der Waals surface area contributed by atoms with Crippen molar-refractivity contribution in [3.8, 4) is 0 Å². The summed E-state index contributed by atoms with van der Waals surface area (Å²) in [5.41, 5.74) is 0. The molecule has 0 aromatic rings. The van der Waals surface area contributed by atoms with E-state index in [0.717, 1.165) is 12.1 Å². The summed E-state index contributed by atoms with van der Waals surface area (Å²) in [5, 5.41) is 3.61. The van der Waals surface area contributed by atoms with E-state index in [1.54, 1.807) is 0 Å². The number of hydrogen-bond acceptors (Lipinski definition) is 3. The first-order valence-electron chi connectivity index (χ1n) is 8.95. The lowest BCUT2D eigenvalue weighted by Crippen LogP contribution is -2.40. The number of hydrogen-bond donors (Lipinski definition) is 1. The van der Waals surface area contributed by atoms with Crippen LogP contribution in [0.1, 0.15) is 58.3 Å². The zero-order valence-electron chi connectivity index (χ0n) is 13.7. The van der Waals surface area contributed by atoms with Crippen LogP contribution in [-0.4, -0.2) is 61.7 Å². The van der Waals surface area contributed by atoms with Gasteiger partial charge < -0.3 is 10.2 Å². The fourth-order valence-electron chi connectivity index (χ4n) is 3.36. The molecule has 0 amide bonds. The Labute approximate surface area is 126 Å². The summed E-state index contributed by atoms with van der Waals surface area (Å²) < 4.78 is 0. The monoisotopic (exact) mass is 281 g/mol. The lowest BCUT2D eigenvalue weighted by Gasteiger charge is -2.30. The Kier molecular flexibility index (Phi) is 7.32. The van der Waals surface area contributed by atoms with Gasteiger partial charge in [-0.2, -0.15) is 0 Å². The summed E-state index contributed by atoms with van der Waals surface area (Å²) in [4.78, 5) is 5.27. The van der Waals surface area contributed by atoms with Gasteiger partial charge >= 0.3 is 0 Å². The maximum atomic E-state index is 3.61. The largest absolute Gasteiger partial charge is 0.314 e. The number of nitrogens with zero attached hydrogens (tertiary/aromatic N) is 2. The van der Waals surface area contributed by atoms with Crippen LogP contribution in [0.15, 0.2) is 0 Å². The number of nitrogens with one attached hydrogen (secondary N) is 1. The van der Waals surface area contributed by atoms with E-state index in [-0.39, 0.29) is 0 Å². The molecule has 118 valence electrons. The second-order valence-corrected chi connectivity index (χ2v) is 6.86. The van der Waals surface area contributed by atoms with Gasteiger partial charge in [0.25, 0.3) is 0 Å². The molecular weight excluding hydrogens is 246 g/mol. The molecule has 2 aliphatic rings. The van der Waals surface area contributed by atoms with Crippen LogP contribution in [0.4, 0.5) is 0 Å². The van der Waals surface area contributed by atoms with Gasteiger partial charge in [0.1, 0.15) is 0 Å². The Morgan fingerprint density at radius 3 is 2.60 bits per heavy atom. The van der Waals surface area contributed by atoms with Crippen LogP contribution in [0.3, 0.4) is 0 Å². The molecule has 1 heterocycles. The molecule has 1 saturated heterocycles. The van der Waals surface area contributed by atoms with E-state index >= 15 is 0 Å². The molecular formula is C17H35N3. The van der Waals surface area contributed by atoms with Crippen molar-refractivity contribution in [3.63, 3.8) is 0 Å². The average Bonchev–Trinajstić information content (AvgIpc) is 3.26. The predicted octanol–water partition coefficient (Wildman–Crippen LogP) is 2.71. The zero-order valence-corrected chi connectivity index (χ0v) is 13.7. The van der Waals surface area contributed by atoms with E-state index in [9.17, 15) is 0 Å². The number of rotatable bonds is 9. The van der Waals surface area contributed by atoms with E-state index in [2.05, 4.69) is 29.1 Å². The normalized spacial score (nSPS) is 25.8. The lowest BCUT2D eigenvalue weighted by molar-refractivity contribution is 0.180. The van der Waals surface area contributed by atoms with Crippen molar-refractivity contribution in [1.82, 2.24) is 15.1 Å². The maximum Gasteiger partial charge on any atom is 0.0220 e. The van der Waals surface area contributed by atoms with Crippen molar-refractivity contribution < 1.29 is 0 Å². The summed E-state index contributed by atoms with van der Waals surface area (Å²) in [6, 6.07) is 1.67. The third-order valence-corrected chi connectivity index (χ3v) is 4.88. The van der Waals surface area contributed by atoms with Gasteiger partial charge in [-0.25, -0.2) is 0 Å². The molecule has 1 aliphatic heterocycles. The molecule has 2 rings (SSSR count). The first kappa shape index (κ1) is 16.3. The molecule has 1 saturated carbocycles. The fraction of sp³-hybridized carbons (Fsp3) is 1.00. The molecule has 3 heteroatoms. The first-order valence-corrected chi connectivity index (χ1v) is 8.95. The van der Waals surface area contributed by atoms with Gasteiger partial charge in [-0.15, -0.1) is 0 Å². The molecule has 2 fully saturated rings. The second kappa shape index (κ2) is 9.01. The molecule has 1 unspecified atom stereocenters. The minimum Gasteiger partial charge on any atom is -0.314 e. The van der Waals surface area contributed by atoms with E-state index in [1.165, 1.54) is 84.1 Å². The van der Waals surface area contributed by atoms with E-state index < -0.39 is 0 Å². The molecule has 20 heavy (non-hydrogen) atoms. The highest BCUT2D eigenvalue weighted by Gasteiger charge is 2.21. The third-order valence-electron chi connectivity index (χ3n) is 4.88. The smallest absolute Gasteiger partial charge is 0.0220 e. The molecule has 1 N–H and O–H groups in total. The van der Waals surface area contributed by atoms with Crippen molar-refractivity contribution in [3.05, 3.63) is 0 Å². The number of likely N-dealkylation sites (N-methyl/N-ethyl adjacent to an activating group) is 1. The summed E-state index contributed by atoms with van der Waals surface area (Å²) in [6.45, 7) is 8.77. The van der Waals surface area contributed by atoms with Gasteiger partial charge in [0, 0.05) is 18.6 Å². The van der Waals surface area contributed by atoms with Crippen LogP contribution < -0.4 is 5.32 Å². The van der Waals surface area contributed by atoms with Gasteiger partial charge in [0.2, 0.25) is 0 Å². The Bertz CT molecular complexity index is 253. The van der Waals surface area contributed by atoms with Gasteiger partial charge in [-0.3, -0.25) is 4.90 Å². The molecule has 1 aliphatic carbocycles. The molecule has 1 atom stereocenters. The van der Waals surface area contributed by atoms with E-state index in [4.69, 9.17) is 0 Å². The highest BCUT2D eigenvalue weighted by atomic mass is 15.2. The predicted molar refractivity (Wildman–Crippen MR) is 87.3 cm³/mol. The van der Waals surface area contributed by atoms with Crippen LogP contribution >= 0.6 is 0 Å². The quantitative estimate of drug-likeness (QED) is 0.656. The molecule has 0 spiro atoms. The molecule has 0 bridgehead atoms. The van der Waals surface area contributed by atoms with E-state index in [0.29, 0.717) is 0 Å². The highest BCUT2D eigenvalue weighted by molar-refractivity contribution is 4.80. The Hall–Kier alpha value is -0.120. The topological polar surface area (TPSA) is 18.5 Å². The average molecular weight is 281 g/mol. The molecule has 0 radical (unpaired) electrons. The van der Waals surface area contributed by atoms with Gasteiger partial charge in [0.05, 0.1) is 0 Å².